The number of nitrogens with one attached hydrogen (secondary N) is 1. The number of hydrogen-bond acceptors (Lipinski definition) is 4. The minimum Gasteiger partial charge on any atom is -0.496 e. The minimum atomic E-state index is -0.916. The highest BCUT2D eigenvalue weighted by Gasteiger charge is 2.14. The molecule has 7 heteroatoms. The fraction of sp³-hybridized carbons (Fsp3) is 0.118. The van der Waals surface area contributed by atoms with E-state index in [0.717, 1.165) is 17.7 Å². The van der Waals surface area contributed by atoms with Gasteiger partial charge in [0, 0.05) is 18.2 Å². The van der Waals surface area contributed by atoms with Crippen LogP contribution in [-0.2, 0) is 0 Å². The Morgan fingerprint density at radius 1 is 1.04 bits per heavy atom. The van der Waals surface area contributed by atoms with Gasteiger partial charge in [0.2, 0.25) is 0 Å². The van der Waals surface area contributed by atoms with Crippen LogP contribution in [0.2, 0.25) is 0 Å². The number of aliphatic imine (C=N–C) groups is 1. The predicted molar refractivity (Wildman–Crippen MR) is 87.2 cm³/mol. The van der Waals surface area contributed by atoms with Gasteiger partial charge in [0.05, 0.1) is 13.3 Å². The number of methoxy groups -OCH3 is 1. The minimum absolute atomic E-state index is 0.502. The highest BCUT2D eigenvalue weighted by molar-refractivity contribution is 5.87. The Balaban J connectivity index is 2.15. The highest BCUT2D eigenvalue weighted by Crippen LogP contribution is 2.34. The van der Waals surface area contributed by atoms with Crippen molar-refractivity contribution < 1.29 is 13.5 Å². The van der Waals surface area contributed by atoms with Gasteiger partial charge in [0.15, 0.2) is 11.6 Å². The molecule has 122 valence electrons. The summed E-state index contributed by atoms with van der Waals surface area (Å²) in [6.45, 7) is 0. The molecule has 0 unspecified atom stereocenters. The Morgan fingerprint density at radius 2 is 1.83 bits per heavy atom. The molecule has 24 heavy (non-hydrogen) atoms. The van der Waals surface area contributed by atoms with Crippen LogP contribution in [0.15, 0.2) is 41.4 Å². The summed E-state index contributed by atoms with van der Waals surface area (Å²) in [6.07, 6.45) is 1.58. The Labute approximate surface area is 137 Å². The molecule has 1 aromatic heterocycles. The summed E-state index contributed by atoms with van der Waals surface area (Å²) in [7, 11) is 3.16. The maximum atomic E-state index is 13.6. The molecule has 0 bridgehead atoms. The zero-order valence-corrected chi connectivity index (χ0v) is 13.0. The van der Waals surface area contributed by atoms with Gasteiger partial charge in [-0.05, 0) is 35.9 Å². The van der Waals surface area contributed by atoms with Gasteiger partial charge in [-0.3, -0.25) is 4.99 Å². The molecule has 0 radical (unpaired) electrons. The molecule has 0 spiro atoms. The van der Waals surface area contributed by atoms with Crippen LogP contribution in [0.1, 0.15) is 5.69 Å². The van der Waals surface area contributed by atoms with Crippen molar-refractivity contribution in [3.05, 3.63) is 53.7 Å². The van der Waals surface area contributed by atoms with Crippen molar-refractivity contribution in [1.29, 1.82) is 0 Å². The number of ether oxygens (including phenoxy) is 1. The lowest BCUT2D eigenvalue weighted by Crippen LogP contribution is -1.93. The lowest BCUT2D eigenvalue weighted by molar-refractivity contribution is 0.416. The largest absolute Gasteiger partial charge is 0.496 e. The van der Waals surface area contributed by atoms with Crippen LogP contribution < -0.4 is 4.74 Å². The molecular weight excluding hydrogens is 314 g/mol. The van der Waals surface area contributed by atoms with Crippen LogP contribution in [0.25, 0.3) is 22.4 Å². The van der Waals surface area contributed by atoms with Gasteiger partial charge < -0.3 is 4.74 Å². The third-order valence-corrected chi connectivity index (χ3v) is 3.53. The van der Waals surface area contributed by atoms with E-state index in [4.69, 9.17) is 4.74 Å². The van der Waals surface area contributed by atoms with Crippen LogP contribution in [0.5, 0.6) is 5.75 Å². The second-order valence-electron chi connectivity index (χ2n) is 4.99. The summed E-state index contributed by atoms with van der Waals surface area (Å²) in [5.74, 6) is -1.27. The average Bonchev–Trinajstić information content (AvgIpc) is 3.05. The SMILES string of the molecule is CN=Cc1n[nH]nc1-c1ccc(OC)c(-c2ccc(F)c(F)c2)c1. The molecule has 1 heterocycles. The smallest absolute Gasteiger partial charge is 0.159 e. The van der Waals surface area contributed by atoms with Gasteiger partial charge in [-0.1, -0.05) is 6.07 Å². The molecule has 0 saturated carbocycles. The van der Waals surface area contributed by atoms with E-state index >= 15 is 0 Å². The van der Waals surface area contributed by atoms with E-state index < -0.39 is 11.6 Å². The molecule has 0 aliphatic heterocycles. The van der Waals surface area contributed by atoms with Crippen molar-refractivity contribution in [2.75, 3.05) is 14.2 Å². The molecule has 1 N–H and O–H groups in total. The van der Waals surface area contributed by atoms with Crippen molar-refractivity contribution in [3.8, 4) is 28.1 Å². The highest BCUT2D eigenvalue weighted by atomic mass is 19.2. The number of nitrogens with zero attached hydrogens (tertiary/aromatic N) is 3. The fourth-order valence-corrected chi connectivity index (χ4v) is 2.41. The molecule has 0 aliphatic rings. The molecule has 5 nitrogen and oxygen atoms in total. The van der Waals surface area contributed by atoms with Crippen molar-refractivity contribution in [3.63, 3.8) is 0 Å². The van der Waals surface area contributed by atoms with Crippen LogP contribution in [0.4, 0.5) is 8.78 Å². The van der Waals surface area contributed by atoms with Gasteiger partial charge in [0.25, 0.3) is 0 Å². The number of aromatic amines is 1. The average molecular weight is 328 g/mol. The summed E-state index contributed by atoms with van der Waals surface area (Å²) in [5.41, 5.74) is 3.06. The van der Waals surface area contributed by atoms with E-state index in [1.165, 1.54) is 13.2 Å². The van der Waals surface area contributed by atoms with Crippen molar-refractivity contribution in [2.24, 2.45) is 4.99 Å². The number of aromatic nitrogens is 3. The second kappa shape index (κ2) is 6.57. The normalized spacial score (nSPS) is 11.2. The Hall–Kier alpha value is -3.09. The van der Waals surface area contributed by atoms with E-state index in [-0.39, 0.29) is 0 Å². The van der Waals surface area contributed by atoms with E-state index in [9.17, 15) is 8.78 Å². The topological polar surface area (TPSA) is 63.2 Å². The molecule has 2 aromatic carbocycles. The molecule has 3 aromatic rings. The summed E-state index contributed by atoms with van der Waals surface area (Å²) < 4.78 is 32.1. The number of rotatable bonds is 4. The van der Waals surface area contributed by atoms with E-state index in [1.807, 2.05) is 6.07 Å². The third-order valence-electron chi connectivity index (χ3n) is 3.53. The standard InChI is InChI=1S/C17H14F2N4O/c1-20-9-15-17(22-23-21-15)11-4-6-16(24-2)12(7-11)10-3-5-13(18)14(19)8-10/h3-9H,1-2H3,(H,21,22,23). The molecular formula is C17H14F2N4O. The monoisotopic (exact) mass is 328 g/mol. The maximum absolute atomic E-state index is 13.6. The summed E-state index contributed by atoms with van der Waals surface area (Å²) in [6, 6.07) is 9.06. The maximum Gasteiger partial charge on any atom is 0.159 e. The Bertz CT molecular complexity index is 905. The lowest BCUT2D eigenvalue weighted by Gasteiger charge is -2.11. The van der Waals surface area contributed by atoms with Crippen LogP contribution in [0.3, 0.4) is 0 Å². The molecule has 3 rings (SSSR count). The number of halogens is 2. The molecule has 0 fully saturated rings. The van der Waals surface area contributed by atoms with E-state index in [2.05, 4.69) is 20.4 Å². The van der Waals surface area contributed by atoms with Crippen LogP contribution in [0, 0.1) is 11.6 Å². The quantitative estimate of drug-likeness (QED) is 0.746. The summed E-state index contributed by atoms with van der Waals surface area (Å²) in [5, 5.41) is 10.7. The number of hydrogen-bond donors (Lipinski definition) is 1. The first-order valence-electron chi connectivity index (χ1n) is 7.10. The first-order chi connectivity index (χ1) is 11.6. The zero-order chi connectivity index (χ0) is 17.1. The molecule has 0 aliphatic carbocycles. The van der Waals surface area contributed by atoms with Gasteiger partial charge in [-0.2, -0.15) is 15.4 Å². The van der Waals surface area contributed by atoms with E-state index in [0.29, 0.717) is 28.3 Å². The molecule has 0 amide bonds. The first kappa shape index (κ1) is 15.8. The number of H-pyrrole nitrogens is 1. The van der Waals surface area contributed by atoms with E-state index in [1.54, 1.807) is 25.4 Å². The molecule has 0 saturated heterocycles. The Morgan fingerprint density at radius 3 is 2.54 bits per heavy atom. The lowest BCUT2D eigenvalue weighted by atomic mass is 9.99. The number of benzene rings is 2. The van der Waals surface area contributed by atoms with Crippen LogP contribution >= 0.6 is 0 Å². The van der Waals surface area contributed by atoms with Crippen molar-refractivity contribution in [1.82, 2.24) is 15.4 Å². The summed E-state index contributed by atoms with van der Waals surface area (Å²) >= 11 is 0. The summed E-state index contributed by atoms with van der Waals surface area (Å²) in [4.78, 5) is 3.94. The second-order valence-corrected chi connectivity index (χ2v) is 4.99. The Kier molecular flexibility index (Phi) is 4.33. The third kappa shape index (κ3) is 2.88. The van der Waals surface area contributed by atoms with Crippen molar-refractivity contribution in [2.45, 2.75) is 0 Å². The first-order valence-corrected chi connectivity index (χ1v) is 7.10. The van der Waals surface area contributed by atoms with Gasteiger partial charge >= 0.3 is 0 Å². The van der Waals surface area contributed by atoms with Crippen LogP contribution in [-0.4, -0.2) is 35.8 Å². The fourth-order valence-electron chi connectivity index (χ4n) is 2.41. The zero-order valence-electron chi connectivity index (χ0n) is 13.0. The van der Waals surface area contributed by atoms with Gasteiger partial charge in [-0.15, -0.1) is 0 Å². The molecule has 0 atom stereocenters. The van der Waals surface area contributed by atoms with Gasteiger partial charge in [0.1, 0.15) is 17.1 Å². The van der Waals surface area contributed by atoms with Crippen molar-refractivity contribution >= 4 is 6.21 Å². The predicted octanol–water partition coefficient (Wildman–Crippen LogP) is 3.47. The van der Waals surface area contributed by atoms with Gasteiger partial charge in [-0.25, -0.2) is 8.78 Å².